The lowest BCUT2D eigenvalue weighted by atomic mass is 9.94. The maximum absolute atomic E-state index is 10.2. The van der Waals surface area contributed by atoms with E-state index in [1.807, 2.05) is 6.07 Å². The molecule has 1 unspecified atom stereocenters. The summed E-state index contributed by atoms with van der Waals surface area (Å²) in [6, 6.07) is 14.6. The molecule has 1 atom stereocenters. The third-order valence-corrected chi connectivity index (χ3v) is 4.20. The van der Waals surface area contributed by atoms with Gasteiger partial charge in [0.1, 0.15) is 5.60 Å². The van der Waals surface area contributed by atoms with Crippen molar-refractivity contribution in [3.05, 3.63) is 59.2 Å². The Morgan fingerprint density at radius 1 is 1.11 bits per heavy atom. The van der Waals surface area contributed by atoms with Crippen molar-refractivity contribution < 1.29 is 5.11 Å². The van der Waals surface area contributed by atoms with E-state index in [-0.39, 0.29) is 5.88 Å². The van der Waals surface area contributed by atoms with Crippen LogP contribution < -0.4 is 0 Å². The molecule has 0 fully saturated rings. The third-order valence-electron chi connectivity index (χ3n) is 3.68. The molecule has 0 amide bonds. The molecule has 0 saturated carbocycles. The predicted octanol–water partition coefficient (Wildman–Crippen LogP) is 3.70. The average molecular weight is 259 g/mol. The molecule has 2 aromatic rings. The summed E-state index contributed by atoms with van der Waals surface area (Å²) >= 11 is 5.82. The van der Waals surface area contributed by atoms with Gasteiger partial charge in [0.25, 0.3) is 0 Å². The summed E-state index contributed by atoms with van der Waals surface area (Å²) in [6.07, 6.45) is 0.942. The molecule has 1 aliphatic carbocycles. The lowest BCUT2D eigenvalue weighted by Gasteiger charge is -2.21. The summed E-state index contributed by atoms with van der Waals surface area (Å²) in [5.74, 6) is 0.207. The zero-order valence-electron chi connectivity index (χ0n) is 10.3. The average Bonchev–Trinajstić information content (AvgIpc) is 2.76. The highest BCUT2D eigenvalue weighted by molar-refractivity contribution is 6.18. The van der Waals surface area contributed by atoms with Crippen LogP contribution in [0.1, 0.15) is 23.6 Å². The number of alkyl halides is 1. The number of rotatable bonds is 2. The number of aliphatic hydroxyl groups is 1. The van der Waals surface area contributed by atoms with Crippen molar-refractivity contribution in [2.24, 2.45) is 0 Å². The van der Waals surface area contributed by atoms with Gasteiger partial charge in [-0.1, -0.05) is 42.5 Å². The normalized spacial score (nSPS) is 15.9. The van der Waals surface area contributed by atoms with Crippen LogP contribution in [0, 0.1) is 0 Å². The van der Waals surface area contributed by atoms with Crippen molar-refractivity contribution in [3.8, 4) is 11.1 Å². The summed E-state index contributed by atoms with van der Waals surface area (Å²) in [5.41, 5.74) is 5.16. The second-order valence-corrected chi connectivity index (χ2v) is 5.38. The number of benzene rings is 2. The third kappa shape index (κ3) is 1.75. The van der Waals surface area contributed by atoms with Crippen LogP contribution in [-0.4, -0.2) is 11.0 Å². The van der Waals surface area contributed by atoms with Gasteiger partial charge in [0.05, 0.1) is 5.88 Å². The molecule has 2 heteroatoms. The molecule has 1 N–H and O–H groups in total. The van der Waals surface area contributed by atoms with Crippen molar-refractivity contribution >= 4 is 11.6 Å². The SMILES string of the molecule is CC(O)(CCl)c1ccc2c(c1)Cc1ccccc1-2. The molecule has 0 saturated heterocycles. The molecular weight excluding hydrogens is 244 g/mol. The monoisotopic (exact) mass is 258 g/mol. The summed E-state index contributed by atoms with van der Waals surface area (Å²) in [4.78, 5) is 0. The fourth-order valence-corrected chi connectivity index (χ4v) is 2.71. The Bertz CT molecular complexity index is 602. The minimum absolute atomic E-state index is 0.207. The van der Waals surface area contributed by atoms with Crippen LogP contribution in [0.25, 0.3) is 11.1 Å². The van der Waals surface area contributed by atoms with Crippen molar-refractivity contribution in [1.82, 2.24) is 0 Å². The Kier molecular flexibility index (Phi) is 2.69. The molecule has 0 spiro atoms. The van der Waals surface area contributed by atoms with E-state index < -0.39 is 5.60 Å². The van der Waals surface area contributed by atoms with Gasteiger partial charge in [0.15, 0.2) is 0 Å². The maximum atomic E-state index is 10.2. The van der Waals surface area contributed by atoms with E-state index in [9.17, 15) is 5.11 Å². The van der Waals surface area contributed by atoms with E-state index in [2.05, 4.69) is 36.4 Å². The van der Waals surface area contributed by atoms with E-state index in [4.69, 9.17) is 11.6 Å². The quantitative estimate of drug-likeness (QED) is 0.695. The van der Waals surface area contributed by atoms with Crippen LogP contribution in [0.4, 0.5) is 0 Å². The largest absolute Gasteiger partial charge is 0.384 e. The molecule has 1 nitrogen and oxygen atoms in total. The maximum Gasteiger partial charge on any atom is 0.100 e. The van der Waals surface area contributed by atoms with Crippen molar-refractivity contribution in [2.75, 3.05) is 5.88 Å². The van der Waals surface area contributed by atoms with Gasteiger partial charge < -0.3 is 5.11 Å². The molecule has 0 radical (unpaired) electrons. The molecule has 3 rings (SSSR count). The fraction of sp³-hybridized carbons (Fsp3) is 0.250. The Morgan fingerprint density at radius 3 is 2.61 bits per heavy atom. The van der Waals surface area contributed by atoms with Crippen LogP contribution in [0.3, 0.4) is 0 Å². The Hall–Kier alpha value is -1.31. The fourth-order valence-electron chi connectivity index (χ4n) is 2.56. The molecule has 92 valence electrons. The lowest BCUT2D eigenvalue weighted by Crippen LogP contribution is -2.23. The molecule has 2 aromatic carbocycles. The van der Waals surface area contributed by atoms with Crippen molar-refractivity contribution in [1.29, 1.82) is 0 Å². The molecule has 0 bridgehead atoms. The smallest absolute Gasteiger partial charge is 0.100 e. The molecule has 18 heavy (non-hydrogen) atoms. The summed E-state index contributed by atoms with van der Waals surface area (Å²) < 4.78 is 0. The Morgan fingerprint density at radius 2 is 1.83 bits per heavy atom. The highest BCUT2D eigenvalue weighted by Crippen LogP contribution is 2.38. The van der Waals surface area contributed by atoms with E-state index in [0.717, 1.165) is 12.0 Å². The van der Waals surface area contributed by atoms with Gasteiger partial charge in [-0.05, 0) is 41.2 Å². The number of fused-ring (bicyclic) bond motifs is 3. The highest BCUT2D eigenvalue weighted by atomic mass is 35.5. The summed E-state index contributed by atoms with van der Waals surface area (Å²) in [5, 5.41) is 10.2. The molecule has 0 aliphatic heterocycles. The van der Waals surface area contributed by atoms with Gasteiger partial charge in [-0.3, -0.25) is 0 Å². The van der Waals surface area contributed by atoms with Crippen molar-refractivity contribution in [2.45, 2.75) is 18.9 Å². The van der Waals surface area contributed by atoms with Crippen LogP contribution in [0.5, 0.6) is 0 Å². The number of hydrogen-bond donors (Lipinski definition) is 1. The number of hydrogen-bond acceptors (Lipinski definition) is 1. The zero-order chi connectivity index (χ0) is 12.8. The second kappa shape index (κ2) is 4.11. The first-order valence-corrected chi connectivity index (χ1v) is 6.65. The Labute approximate surface area is 112 Å². The molecular formula is C16H15ClO. The zero-order valence-corrected chi connectivity index (χ0v) is 11.0. The Balaban J connectivity index is 2.09. The van der Waals surface area contributed by atoms with Crippen LogP contribution in [0.2, 0.25) is 0 Å². The molecule has 0 aromatic heterocycles. The van der Waals surface area contributed by atoms with Gasteiger partial charge >= 0.3 is 0 Å². The lowest BCUT2D eigenvalue weighted by molar-refractivity contribution is 0.0824. The van der Waals surface area contributed by atoms with E-state index in [1.165, 1.54) is 22.3 Å². The summed E-state index contributed by atoms with van der Waals surface area (Å²) in [7, 11) is 0. The highest BCUT2D eigenvalue weighted by Gasteiger charge is 2.25. The minimum atomic E-state index is -0.953. The van der Waals surface area contributed by atoms with E-state index in [0.29, 0.717) is 0 Å². The first kappa shape index (κ1) is 11.8. The first-order valence-electron chi connectivity index (χ1n) is 6.12. The standard InChI is InChI=1S/C16H15ClO/c1-16(18,10-17)13-6-7-15-12(9-13)8-11-4-2-3-5-14(11)15/h2-7,9,18H,8,10H2,1H3. The second-order valence-electron chi connectivity index (χ2n) is 5.11. The van der Waals surface area contributed by atoms with Gasteiger partial charge in [0, 0.05) is 0 Å². The van der Waals surface area contributed by atoms with Crippen LogP contribution in [0.15, 0.2) is 42.5 Å². The molecule has 0 heterocycles. The first-order chi connectivity index (χ1) is 8.62. The minimum Gasteiger partial charge on any atom is -0.384 e. The van der Waals surface area contributed by atoms with E-state index in [1.54, 1.807) is 6.92 Å². The summed E-state index contributed by atoms with van der Waals surface area (Å²) in [6.45, 7) is 1.75. The molecule has 1 aliphatic rings. The van der Waals surface area contributed by atoms with Gasteiger partial charge in [-0.2, -0.15) is 0 Å². The van der Waals surface area contributed by atoms with Crippen LogP contribution >= 0.6 is 11.6 Å². The predicted molar refractivity (Wildman–Crippen MR) is 75.0 cm³/mol. The van der Waals surface area contributed by atoms with Crippen molar-refractivity contribution in [3.63, 3.8) is 0 Å². The van der Waals surface area contributed by atoms with Crippen LogP contribution in [-0.2, 0) is 12.0 Å². The van der Waals surface area contributed by atoms with E-state index >= 15 is 0 Å². The van der Waals surface area contributed by atoms with Gasteiger partial charge in [0.2, 0.25) is 0 Å². The topological polar surface area (TPSA) is 20.2 Å². The number of halogens is 1. The van der Waals surface area contributed by atoms with Gasteiger partial charge in [-0.15, -0.1) is 11.6 Å². The van der Waals surface area contributed by atoms with Gasteiger partial charge in [-0.25, -0.2) is 0 Å².